The van der Waals surface area contributed by atoms with E-state index in [1.807, 2.05) is 0 Å². The number of carbonyl (C=O) groups excluding carboxylic acids is 1. The molecule has 2 atom stereocenters. The highest BCUT2D eigenvalue weighted by Gasteiger charge is 2.56. The van der Waals surface area contributed by atoms with Crippen molar-refractivity contribution in [2.24, 2.45) is 16.8 Å². The fraction of sp³-hybridized carbons (Fsp3) is 0.667. The van der Waals surface area contributed by atoms with Crippen molar-refractivity contribution >= 4 is 11.9 Å². The van der Waals surface area contributed by atoms with Gasteiger partial charge < -0.3 is 14.4 Å². The monoisotopic (exact) mass is 394 g/mol. The van der Waals surface area contributed by atoms with E-state index in [4.69, 9.17) is 9.47 Å². The fourth-order valence-electron chi connectivity index (χ4n) is 6.61. The van der Waals surface area contributed by atoms with Gasteiger partial charge in [-0.3, -0.25) is 4.79 Å². The SMILES string of the molecule is O=C1N=C(N2CCC3(CC2)OCc2ccccc23)OC12CC1CCCCCC1C2. The highest BCUT2D eigenvalue weighted by Crippen LogP contribution is 2.50. The Balaban J connectivity index is 1.15. The standard InChI is InChI=1S/C24H30N2O3/c27-21-24(14-17-6-2-1-3-7-18(17)15-24)29-22(25-21)26-12-10-23(11-13-26)20-9-5-4-8-19(20)16-28-23/h4-5,8-9,17-18H,1-3,6-7,10-16H2. The molecule has 0 bridgehead atoms. The normalized spacial score (nSPS) is 35.4. The summed E-state index contributed by atoms with van der Waals surface area (Å²) in [6.07, 6.45) is 10.0. The molecule has 1 aromatic rings. The predicted molar refractivity (Wildman–Crippen MR) is 109 cm³/mol. The molecule has 5 heteroatoms. The molecule has 2 aliphatic carbocycles. The van der Waals surface area contributed by atoms with Crippen LogP contribution in [0.3, 0.4) is 0 Å². The Morgan fingerprint density at radius 1 is 0.966 bits per heavy atom. The van der Waals surface area contributed by atoms with Crippen LogP contribution in [-0.4, -0.2) is 35.5 Å². The van der Waals surface area contributed by atoms with E-state index < -0.39 is 5.60 Å². The third-order valence-electron chi connectivity index (χ3n) is 8.23. The molecule has 3 aliphatic heterocycles. The molecule has 1 amide bonds. The Hall–Kier alpha value is -1.88. The van der Waals surface area contributed by atoms with Gasteiger partial charge in [-0.25, -0.2) is 0 Å². The fourth-order valence-corrected chi connectivity index (χ4v) is 6.61. The van der Waals surface area contributed by atoms with Crippen molar-refractivity contribution in [2.75, 3.05) is 13.1 Å². The van der Waals surface area contributed by atoms with Gasteiger partial charge in [0.05, 0.1) is 12.2 Å². The number of carbonyl (C=O) groups is 1. The van der Waals surface area contributed by atoms with Gasteiger partial charge in [0.25, 0.3) is 11.9 Å². The van der Waals surface area contributed by atoms with E-state index in [-0.39, 0.29) is 11.5 Å². The third kappa shape index (κ3) is 2.77. The maximum absolute atomic E-state index is 12.9. The minimum Gasteiger partial charge on any atom is -0.448 e. The average Bonchev–Trinajstić information content (AvgIpc) is 3.32. The Labute approximate surface area is 172 Å². The van der Waals surface area contributed by atoms with Gasteiger partial charge in [-0.1, -0.05) is 56.4 Å². The van der Waals surface area contributed by atoms with Crippen molar-refractivity contribution in [2.45, 2.75) is 75.6 Å². The van der Waals surface area contributed by atoms with Crippen LogP contribution >= 0.6 is 0 Å². The largest absolute Gasteiger partial charge is 0.448 e. The first-order valence-corrected chi connectivity index (χ1v) is 11.5. The van der Waals surface area contributed by atoms with Crippen molar-refractivity contribution in [3.05, 3.63) is 35.4 Å². The van der Waals surface area contributed by atoms with Gasteiger partial charge in [0.15, 0.2) is 5.60 Å². The summed E-state index contributed by atoms with van der Waals surface area (Å²) in [5, 5.41) is 0. The van der Waals surface area contributed by atoms with E-state index in [1.54, 1.807) is 0 Å². The second-order valence-electron chi connectivity index (χ2n) is 9.79. The quantitative estimate of drug-likeness (QED) is 0.663. The van der Waals surface area contributed by atoms with Crippen molar-refractivity contribution in [1.82, 2.24) is 4.90 Å². The van der Waals surface area contributed by atoms with Crippen molar-refractivity contribution in [3.8, 4) is 0 Å². The first-order valence-electron chi connectivity index (χ1n) is 11.5. The van der Waals surface area contributed by atoms with Crippen LogP contribution in [0.5, 0.6) is 0 Å². The Morgan fingerprint density at radius 3 is 2.45 bits per heavy atom. The molecule has 29 heavy (non-hydrogen) atoms. The molecule has 154 valence electrons. The van der Waals surface area contributed by atoms with E-state index in [9.17, 15) is 4.79 Å². The number of rotatable bonds is 0. The topological polar surface area (TPSA) is 51.1 Å². The summed E-state index contributed by atoms with van der Waals surface area (Å²) in [7, 11) is 0. The number of amidine groups is 1. The first-order chi connectivity index (χ1) is 14.2. The summed E-state index contributed by atoms with van der Waals surface area (Å²) in [6.45, 7) is 2.35. The number of benzene rings is 1. The summed E-state index contributed by atoms with van der Waals surface area (Å²) in [6, 6.07) is 9.15. The molecule has 0 aromatic heterocycles. The lowest BCUT2D eigenvalue weighted by Gasteiger charge is -2.39. The van der Waals surface area contributed by atoms with Crippen molar-refractivity contribution in [3.63, 3.8) is 0 Å². The van der Waals surface area contributed by atoms with Gasteiger partial charge in [0, 0.05) is 13.1 Å². The van der Waals surface area contributed by atoms with Crippen LogP contribution in [0.1, 0.15) is 68.9 Å². The van der Waals surface area contributed by atoms with Gasteiger partial charge in [-0.15, -0.1) is 0 Å². The number of aliphatic imine (C=N–C) groups is 1. The summed E-state index contributed by atoms with van der Waals surface area (Å²) >= 11 is 0. The van der Waals surface area contributed by atoms with Crippen LogP contribution in [0.15, 0.2) is 29.3 Å². The zero-order valence-corrected chi connectivity index (χ0v) is 17.1. The number of likely N-dealkylation sites (tertiary alicyclic amines) is 1. The van der Waals surface area contributed by atoms with Gasteiger partial charge in [-0.2, -0.15) is 4.99 Å². The molecule has 5 aliphatic rings. The Morgan fingerprint density at radius 2 is 1.69 bits per heavy atom. The number of piperidine rings is 1. The van der Waals surface area contributed by atoms with Crippen LogP contribution in [0.2, 0.25) is 0 Å². The lowest BCUT2D eigenvalue weighted by Crippen LogP contribution is -2.46. The summed E-state index contributed by atoms with van der Waals surface area (Å²) in [5.74, 6) is 1.26. The second kappa shape index (κ2) is 6.56. The molecular formula is C24H30N2O3. The number of fused-ring (bicyclic) bond motifs is 3. The molecule has 1 saturated heterocycles. The first kappa shape index (κ1) is 17.9. The van der Waals surface area contributed by atoms with Crippen molar-refractivity contribution < 1.29 is 14.3 Å². The Bertz CT molecular complexity index is 841. The van der Waals surface area contributed by atoms with Gasteiger partial charge in [-0.05, 0) is 48.6 Å². The highest BCUT2D eigenvalue weighted by molar-refractivity contribution is 6.01. The molecule has 1 aromatic carbocycles. The van der Waals surface area contributed by atoms with Crippen LogP contribution in [0, 0.1) is 11.8 Å². The average molecular weight is 395 g/mol. The second-order valence-corrected chi connectivity index (χ2v) is 9.79. The summed E-state index contributed by atoms with van der Waals surface area (Å²) in [4.78, 5) is 19.5. The zero-order valence-electron chi connectivity index (χ0n) is 17.1. The molecule has 2 unspecified atom stereocenters. The molecule has 3 fully saturated rings. The number of nitrogens with zero attached hydrogens (tertiary/aromatic N) is 2. The predicted octanol–water partition coefficient (Wildman–Crippen LogP) is 4.15. The van der Waals surface area contributed by atoms with E-state index in [1.165, 1.54) is 43.2 Å². The van der Waals surface area contributed by atoms with E-state index in [0.29, 0.717) is 24.5 Å². The van der Waals surface area contributed by atoms with Crippen LogP contribution < -0.4 is 0 Å². The maximum Gasteiger partial charge on any atom is 0.296 e. The summed E-state index contributed by atoms with van der Waals surface area (Å²) < 4.78 is 12.7. The molecule has 5 nitrogen and oxygen atoms in total. The minimum absolute atomic E-state index is 0.0247. The van der Waals surface area contributed by atoms with Gasteiger partial charge in [0.2, 0.25) is 0 Å². The molecular weight excluding hydrogens is 364 g/mol. The van der Waals surface area contributed by atoms with Crippen molar-refractivity contribution in [1.29, 1.82) is 0 Å². The molecule has 0 radical (unpaired) electrons. The molecule has 0 N–H and O–H groups in total. The van der Waals surface area contributed by atoms with Crippen LogP contribution in [0.25, 0.3) is 0 Å². The van der Waals surface area contributed by atoms with E-state index >= 15 is 0 Å². The Kier molecular flexibility index (Phi) is 4.06. The van der Waals surface area contributed by atoms with Gasteiger partial charge in [0.1, 0.15) is 0 Å². The summed E-state index contributed by atoms with van der Waals surface area (Å²) in [5.41, 5.74) is 1.83. The molecule has 2 saturated carbocycles. The lowest BCUT2D eigenvalue weighted by atomic mass is 9.84. The third-order valence-corrected chi connectivity index (χ3v) is 8.23. The molecule has 6 rings (SSSR count). The van der Waals surface area contributed by atoms with Crippen LogP contribution in [-0.2, 0) is 26.5 Å². The minimum atomic E-state index is -0.659. The zero-order chi connectivity index (χ0) is 19.5. The van der Waals surface area contributed by atoms with Crippen LogP contribution in [0.4, 0.5) is 0 Å². The maximum atomic E-state index is 12.9. The number of ether oxygens (including phenoxy) is 2. The highest BCUT2D eigenvalue weighted by atomic mass is 16.5. The number of amides is 1. The number of hydrogen-bond acceptors (Lipinski definition) is 4. The van der Waals surface area contributed by atoms with E-state index in [2.05, 4.69) is 34.2 Å². The van der Waals surface area contributed by atoms with Gasteiger partial charge >= 0.3 is 0 Å². The van der Waals surface area contributed by atoms with E-state index in [0.717, 1.165) is 38.8 Å². The molecule has 2 spiro atoms. The molecule has 3 heterocycles. The lowest BCUT2D eigenvalue weighted by molar-refractivity contribution is -0.131. The number of hydrogen-bond donors (Lipinski definition) is 0. The smallest absolute Gasteiger partial charge is 0.296 e.